The van der Waals surface area contributed by atoms with E-state index >= 15 is 0 Å². The summed E-state index contributed by atoms with van der Waals surface area (Å²) in [7, 11) is 0. The average molecular weight is 217 g/mol. The lowest BCUT2D eigenvalue weighted by atomic mass is 9.89. The van der Waals surface area contributed by atoms with Gasteiger partial charge in [0.25, 0.3) is 0 Å². The number of nitrogens with zero attached hydrogens (tertiary/aromatic N) is 2. The van der Waals surface area contributed by atoms with Crippen molar-refractivity contribution in [3.8, 4) is 0 Å². The summed E-state index contributed by atoms with van der Waals surface area (Å²) in [4.78, 5) is 8.04. The van der Waals surface area contributed by atoms with E-state index in [-0.39, 0.29) is 0 Å². The highest BCUT2D eigenvalue weighted by Crippen LogP contribution is 2.47. The number of fused-ring (bicyclic) bond motifs is 2. The lowest BCUT2D eigenvalue weighted by molar-refractivity contribution is 0.318. The Balaban J connectivity index is 1.44. The van der Waals surface area contributed by atoms with Crippen molar-refractivity contribution in [2.75, 3.05) is 6.54 Å². The SMILES string of the molecule is c1ncc(CNCC2CC3CCC2C3)cn1. The van der Waals surface area contributed by atoms with Crippen molar-refractivity contribution in [1.29, 1.82) is 0 Å². The summed E-state index contributed by atoms with van der Waals surface area (Å²) >= 11 is 0. The molecule has 0 aliphatic heterocycles. The van der Waals surface area contributed by atoms with Gasteiger partial charge in [-0.2, -0.15) is 0 Å². The highest BCUT2D eigenvalue weighted by Gasteiger charge is 2.38. The third-order valence-corrected chi connectivity index (χ3v) is 4.23. The molecule has 0 amide bonds. The topological polar surface area (TPSA) is 37.8 Å². The van der Waals surface area contributed by atoms with Gasteiger partial charge >= 0.3 is 0 Å². The molecule has 16 heavy (non-hydrogen) atoms. The molecule has 1 aromatic rings. The first-order chi connectivity index (χ1) is 7.92. The van der Waals surface area contributed by atoms with Crippen LogP contribution in [-0.4, -0.2) is 16.5 Å². The van der Waals surface area contributed by atoms with Crippen LogP contribution in [0.25, 0.3) is 0 Å². The van der Waals surface area contributed by atoms with E-state index in [4.69, 9.17) is 0 Å². The molecule has 2 aliphatic rings. The molecule has 1 N–H and O–H groups in total. The first-order valence-corrected chi connectivity index (χ1v) is 6.36. The zero-order chi connectivity index (χ0) is 10.8. The summed E-state index contributed by atoms with van der Waals surface area (Å²) in [5.74, 6) is 3.00. The fraction of sp³-hybridized carbons (Fsp3) is 0.692. The third kappa shape index (κ3) is 2.09. The second-order valence-electron chi connectivity index (χ2n) is 5.31. The van der Waals surface area contributed by atoms with Crippen LogP contribution in [0.4, 0.5) is 0 Å². The maximum absolute atomic E-state index is 4.02. The minimum Gasteiger partial charge on any atom is -0.312 e. The summed E-state index contributed by atoms with van der Waals surface area (Å²) in [6.45, 7) is 2.09. The molecule has 0 spiro atoms. The lowest BCUT2D eigenvalue weighted by Crippen LogP contribution is -2.26. The van der Waals surface area contributed by atoms with Crippen LogP contribution in [0, 0.1) is 17.8 Å². The maximum atomic E-state index is 4.02. The number of hydrogen-bond acceptors (Lipinski definition) is 3. The van der Waals surface area contributed by atoms with Gasteiger partial charge in [0.2, 0.25) is 0 Å². The van der Waals surface area contributed by atoms with Gasteiger partial charge in [-0.3, -0.25) is 0 Å². The van der Waals surface area contributed by atoms with E-state index in [2.05, 4.69) is 15.3 Å². The third-order valence-electron chi connectivity index (χ3n) is 4.23. The Morgan fingerprint density at radius 2 is 2.06 bits per heavy atom. The van der Waals surface area contributed by atoms with Gasteiger partial charge < -0.3 is 5.32 Å². The Bertz CT molecular complexity index is 338. The predicted octanol–water partition coefficient (Wildman–Crippen LogP) is 2.00. The second-order valence-corrected chi connectivity index (χ2v) is 5.31. The van der Waals surface area contributed by atoms with E-state index in [0.29, 0.717) is 0 Å². The molecule has 2 saturated carbocycles. The zero-order valence-electron chi connectivity index (χ0n) is 9.60. The maximum Gasteiger partial charge on any atom is 0.115 e. The summed E-state index contributed by atoms with van der Waals surface area (Å²) < 4.78 is 0. The molecular weight excluding hydrogens is 198 g/mol. The first kappa shape index (κ1) is 10.2. The van der Waals surface area contributed by atoms with Crippen molar-refractivity contribution in [3.05, 3.63) is 24.3 Å². The molecule has 2 aliphatic carbocycles. The molecule has 1 aromatic heterocycles. The van der Waals surface area contributed by atoms with Crippen molar-refractivity contribution < 1.29 is 0 Å². The molecule has 2 fully saturated rings. The van der Waals surface area contributed by atoms with Gasteiger partial charge in [-0.15, -0.1) is 0 Å². The number of rotatable bonds is 4. The second kappa shape index (κ2) is 4.50. The Hall–Kier alpha value is -0.960. The molecule has 0 aromatic carbocycles. The Kier molecular flexibility index (Phi) is 2.87. The highest BCUT2D eigenvalue weighted by atomic mass is 14.9. The monoisotopic (exact) mass is 217 g/mol. The molecule has 0 saturated heterocycles. The van der Waals surface area contributed by atoms with Crippen LogP contribution in [0.3, 0.4) is 0 Å². The molecule has 3 atom stereocenters. The Labute approximate surface area is 96.7 Å². The van der Waals surface area contributed by atoms with E-state index in [1.165, 1.54) is 37.8 Å². The van der Waals surface area contributed by atoms with Crippen molar-refractivity contribution in [3.63, 3.8) is 0 Å². The summed E-state index contributed by atoms with van der Waals surface area (Å²) in [5.41, 5.74) is 1.19. The van der Waals surface area contributed by atoms with Gasteiger partial charge in [-0.1, -0.05) is 6.42 Å². The number of nitrogens with one attached hydrogen (secondary N) is 1. The molecular formula is C13H19N3. The predicted molar refractivity (Wildman–Crippen MR) is 62.7 cm³/mol. The lowest BCUT2D eigenvalue weighted by Gasteiger charge is -2.21. The van der Waals surface area contributed by atoms with Crippen molar-refractivity contribution in [2.24, 2.45) is 17.8 Å². The molecule has 3 nitrogen and oxygen atoms in total. The minimum atomic E-state index is 0.911. The quantitative estimate of drug-likeness (QED) is 0.838. The van der Waals surface area contributed by atoms with Crippen molar-refractivity contribution in [1.82, 2.24) is 15.3 Å². The van der Waals surface area contributed by atoms with E-state index < -0.39 is 0 Å². The van der Waals surface area contributed by atoms with E-state index in [0.717, 1.165) is 24.3 Å². The minimum absolute atomic E-state index is 0.911. The smallest absolute Gasteiger partial charge is 0.115 e. The summed E-state index contributed by atoms with van der Waals surface area (Å²) in [5, 5.41) is 3.55. The zero-order valence-corrected chi connectivity index (χ0v) is 9.60. The van der Waals surface area contributed by atoms with Crippen molar-refractivity contribution in [2.45, 2.75) is 32.2 Å². The van der Waals surface area contributed by atoms with E-state index in [9.17, 15) is 0 Å². The van der Waals surface area contributed by atoms with Crippen LogP contribution in [0.2, 0.25) is 0 Å². The van der Waals surface area contributed by atoms with E-state index in [1.807, 2.05) is 12.4 Å². The van der Waals surface area contributed by atoms with Gasteiger partial charge in [0, 0.05) is 24.5 Å². The van der Waals surface area contributed by atoms with Gasteiger partial charge in [-0.25, -0.2) is 9.97 Å². The summed E-state index contributed by atoms with van der Waals surface area (Å²) in [6.07, 6.45) is 11.3. The Morgan fingerprint density at radius 1 is 1.19 bits per heavy atom. The van der Waals surface area contributed by atoms with Gasteiger partial charge in [0.1, 0.15) is 6.33 Å². The number of hydrogen-bond donors (Lipinski definition) is 1. The normalized spacial score (nSPS) is 32.1. The average Bonchev–Trinajstić information content (AvgIpc) is 2.92. The molecule has 2 bridgehead atoms. The van der Waals surface area contributed by atoms with E-state index in [1.54, 1.807) is 6.33 Å². The fourth-order valence-corrected chi connectivity index (χ4v) is 3.45. The van der Waals surface area contributed by atoms with Crippen molar-refractivity contribution >= 4 is 0 Å². The molecule has 3 unspecified atom stereocenters. The van der Waals surface area contributed by atoms with Crippen LogP contribution in [0.15, 0.2) is 18.7 Å². The molecule has 0 radical (unpaired) electrons. The standard InChI is InChI=1S/C13H19N3/c1-2-12-3-10(1)4-13(12)8-14-5-11-6-15-9-16-7-11/h6-7,9-10,12-14H,1-5,8H2. The molecule has 3 heteroatoms. The van der Waals surface area contributed by atoms with Gasteiger partial charge in [0.05, 0.1) is 0 Å². The summed E-state index contributed by atoms with van der Waals surface area (Å²) in [6, 6.07) is 0. The van der Waals surface area contributed by atoms with Crippen LogP contribution >= 0.6 is 0 Å². The van der Waals surface area contributed by atoms with Crippen LogP contribution in [0.1, 0.15) is 31.2 Å². The highest BCUT2D eigenvalue weighted by molar-refractivity contribution is 5.01. The molecule has 1 heterocycles. The molecule has 86 valence electrons. The fourth-order valence-electron chi connectivity index (χ4n) is 3.45. The van der Waals surface area contributed by atoms with Crippen LogP contribution in [0.5, 0.6) is 0 Å². The van der Waals surface area contributed by atoms with Crippen LogP contribution in [-0.2, 0) is 6.54 Å². The Morgan fingerprint density at radius 3 is 2.75 bits per heavy atom. The van der Waals surface area contributed by atoms with Gasteiger partial charge in [-0.05, 0) is 43.6 Å². The first-order valence-electron chi connectivity index (χ1n) is 6.36. The number of aromatic nitrogens is 2. The van der Waals surface area contributed by atoms with Crippen LogP contribution < -0.4 is 5.32 Å². The van der Waals surface area contributed by atoms with Gasteiger partial charge in [0.15, 0.2) is 0 Å². The largest absolute Gasteiger partial charge is 0.312 e. The molecule has 3 rings (SSSR count).